The van der Waals surface area contributed by atoms with Gasteiger partial charge < -0.3 is 0 Å². The Balaban J connectivity index is 3.12. The van der Waals surface area contributed by atoms with E-state index in [4.69, 9.17) is 12.2 Å². The summed E-state index contributed by atoms with van der Waals surface area (Å²) in [7, 11) is 0. The minimum Gasteiger partial charge on any atom is -0.142 e. The second kappa shape index (κ2) is 4.14. The van der Waals surface area contributed by atoms with Crippen molar-refractivity contribution in [2.24, 2.45) is 0 Å². The average Bonchev–Trinajstić information content (AvgIpc) is 2.05. The van der Waals surface area contributed by atoms with Crippen LogP contribution in [0.1, 0.15) is 5.56 Å². The molecule has 0 radical (unpaired) electrons. The van der Waals surface area contributed by atoms with Crippen molar-refractivity contribution in [3.63, 3.8) is 0 Å². The smallest absolute Gasteiger partial charge is 0.0209 e. The van der Waals surface area contributed by atoms with Crippen LogP contribution in [-0.2, 0) is 0 Å². The van der Waals surface area contributed by atoms with Crippen molar-refractivity contribution in [1.29, 1.82) is 0 Å². The fourth-order valence-electron chi connectivity index (χ4n) is 0.768. The molecule has 0 bridgehead atoms. The zero-order chi connectivity index (χ0) is 8.27. The molecule has 11 heavy (non-hydrogen) atoms. The number of hydrogen-bond acceptors (Lipinski definition) is 3. The SMILES string of the molecule is CSc1cc(C=S)ccc1S. The zero-order valence-electron chi connectivity index (χ0n) is 6.07. The molecule has 0 nitrogen and oxygen atoms in total. The summed E-state index contributed by atoms with van der Waals surface area (Å²) >= 11 is 10.8. The standard InChI is InChI=1S/C8H8S3/c1-11-8-4-6(5-9)2-3-7(8)10/h2-5,10H,1H3. The van der Waals surface area contributed by atoms with Crippen LogP contribution in [0, 0.1) is 0 Å². The Labute approximate surface area is 81.8 Å². The number of thiol groups is 1. The van der Waals surface area contributed by atoms with Gasteiger partial charge in [-0.2, -0.15) is 0 Å². The number of rotatable bonds is 2. The van der Waals surface area contributed by atoms with Gasteiger partial charge in [-0.3, -0.25) is 0 Å². The van der Waals surface area contributed by atoms with E-state index in [0.29, 0.717) is 0 Å². The third-order valence-electron chi connectivity index (χ3n) is 1.34. The largest absolute Gasteiger partial charge is 0.142 e. The normalized spacial score (nSPS) is 9.64. The molecule has 0 aliphatic rings. The van der Waals surface area contributed by atoms with Gasteiger partial charge in [-0.25, -0.2) is 0 Å². The van der Waals surface area contributed by atoms with Gasteiger partial charge in [-0.1, -0.05) is 18.3 Å². The van der Waals surface area contributed by atoms with E-state index in [1.54, 1.807) is 17.1 Å². The van der Waals surface area contributed by atoms with Crippen LogP contribution in [0.4, 0.5) is 0 Å². The molecule has 0 amide bonds. The number of thiocarbonyl (C=S) groups is 1. The van der Waals surface area contributed by atoms with Gasteiger partial charge in [0, 0.05) is 15.2 Å². The van der Waals surface area contributed by atoms with Crippen molar-refractivity contribution >= 4 is 42.0 Å². The molecule has 0 aliphatic heterocycles. The lowest BCUT2D eigenvalue weighted by Gasteiger charge is -2.01. The molecule has 0 fully saturated rings. The van der Waals surface area contributed by atoms with E-state index < -0.39 is 0 Å². The fourth-order valence-corrected chi connectivity index (χ4v) is 1.86. The average molecular weight is 200 g/mol. The van der Waals surface area contributed by atoms with Crippen LogP contribution in [0.5, 0.6) is 0 Å². The predicted molar refractivity (Wildman–Crippen MR) is 58.2 cm³/mol. The predicted octanol–water partition coefficient (Wildman–Crippen LogP) is 3.05. The minimum atomic E-state index is 1.01. The highest BCUT2D eigenvalue weighted by Gasteiger charge is 1.96. The molecule has 0 unspecified atom stereocenters. The van der Waals surface area contributed by atoms with Crippen LogP contribution in [0.2, 0.25) is 0 Å². The van der Waals surface area contributed by atoms with Crippen LogP contribution in [0.25, 0.3) is 0 Å². The highest BCUT2D eigenvalue weighted by atomic mass is 32.2. The molecule has 1 aromatic carbocycles. The lowest BCUT2D eigenvalue weighted by Crippen LogP contribution is -1.80. The molecule has 1 rings (SSSR count). The molecule has 0 aromatic heterocycles. The maximum atomic E-state index is 4.81. The van der Waals surface area contributed by atoms with E-state index >= 15 is 0 Å². The quantitative estimate of drug-likeness (QED) is 0.443. The van der Waals surface area contributed by atoms with E-state index in [1.807, 2.05) is 24.5 Å². The molecule has 0 saturated heterocycles. The van der Waals surface area contributed by atoms with Gasteiger partial charge in [0.05, 0.1) is 0 Å². The molecule has 0 N–H and O–H groups in total. The van der Waals surface area contributed by atoms with Crippen LogP contribution in [0.3, 0.4) is 0 Å². The van der Waals surface area contributed by atoms with Crippen molar-refractivity contribution in [1.82, 2.24) is 0 Å². The van der Waals surface area contributed by atoms with Crippen LogP contribution >= 0.6 is 36.6 Å². The molecule has 0 heterocycles. The Morgan fingerprint density at radius 2 is 2.27 bits per heavy atom. The second-order valence-corrected chi connectivity index (χ2v) is 3.61. The summed E-state index contributed by atoms with van der Waals surface area (Å²) in [6, 6.07) is 5.97. The highest BCUT2D eigenvalue weighted by molar-refractivity contribution is 7.99. The molecular weight excluding hydrogens is 192 g/mol. The molecule has 3 heteroatoms. The van der Waals surface area contributed by atoms with Crippen LogP contribution in [-0.4, -0.2) is 11.6 Å². The van der Waals surface area contributed by atoms with Gasteiger partial charge in [-0.15, -0.1) is 24.4 Å². The Bertz CT molecular complexity index is 268. The lowest BCUT2D eigenvalue weighted by molar-refractivity contribution is 1.26. The first-order chi connectivity index (χ1) is 5.27. The topological polar surface area (TPSA) is 0 Å². The summed E-state index contributed by atoms with van der Waals surface area (Å²) in [5.41, 5.74) is 1.07. The van der Waals surface area contributed by atoms with Gasteiger partial charge >= 0.3 is 0 Å². The van der Waals surface area contributed by atoms with Crippen molar-refractivity contribution in [2.45, 2.75) is 9.79 Å². The Morgan fingerprint density at radius 3 is 2.82 bits per heavy atom. The van der Waals surface area contributed by atoms with Crippen molar-refractivity contribution in [3.05, 3.63) is 23.8 Å². The molecule has 0 aliphatic carbocycles. The maximum absolute atomic E-state index is 4.81. The second-order valence-electron chi connectivity index (χ2n) is 2.05. The van der Waals surface area contributed by atoms with Crippen molar-refractivity contribution < 1.29 is 0 Å². The van der Waals surface area contributed by atoms with Gasteiger partial charge in [-0.05, 0) is 24.0 Å². The van der Waals surface area contributed by atoms with E-state index in [2.05, 4.69) is 12.6 Å². The third kappa shape index (κ3) is 2.22. The molecule has 58 valence electrons. The number of benzene rings is 1. The van der Waals surface area contributed by atoms with E-state index in [0.717, 1.165) is 10.5 Å². The van der Waals surface area contributed by atoms with E-state index in [-0.39, 0.29) is 0 Å². The summed E-state index contributed by atoms with van der Waals surface area (Å²) in [5.74, 6) is 0. The van der Waals surface area contributed by atoms with Gasteiger partial charge in [0.25, 0.3) is 0 Å². The van der Waals surface area contributed by atoms with Crippen LogP contribution in [0.15, 0.2) is 28.0 Å². The molecule has 0 atom stereocenters. The zero-order valence-corrected chi connectivity index (χ0v) is 8.60. The first-order valence-corrected chi connectivity index (χ1v) is 5.24. The summed E-state index contributed by atoms with van der Waals surface area (Å²) in [5, 5.41) is 1.67. The van der Waals surface area contributed by atoms with Crippen LogP contribution < -0.4 is 0 Å². The summed E-state index contributed by atoms with van der Waals surface area (Å²) in [4.78, 5) is 2.19. The number of hydrogen-bond donors (Lipinski definition) is 1. The summed E-state index contributed by atoms with van der Waals surface area (Å²) < 4.78 is 0. The molecular formula is C8H8S3. The summed E-state index contributed by atoms with van der Waals surface area (Å²) in [6.45, 7) is 0. The van der Waals surface area contributed by atoms with Crippen molar-refractivity contribution in [3.8, 4) is 0 Å². The highest BCUT2D eigenvalue weighted by Crippen LogP contribution is 2.23. The molecule has 0 spiro atoms. The van der Waals surface area contributed by atoms with Gasteiger partial charge in [0.1, 0.15) is 0 Å². The maximum Gasteiger partial charge on any atom is 0.0209 e. The van der Waals surface area contributed by atoms with E-state index in [9.17, 15) is 0 Å². The Morgan fingerprint density at radius 1 is 1.55 bits per heavy atom. The lowest BCUT2D eigenvalue weighted by atomic mass is 10.2. The monoisotopic (exact) mass is 200 g/mol. The Kier molecular flexibility index (Phi) is 3.43. The minimum absolute atomic E-state index is 1.01. The Hall–Kier alpha value is 0.01000. The molecule has 0 saturated carbocycles. The van der Waals surface area contributed by atoms with E-state index in [1.165, 1.54) is 4.90 Å². The first kappa shape index (κ1) is 9.10. The fraction of sp³-hybridized carbons (Fsp3) is 0.125. The first-order valence-electron chi connectivity index (χ1n) is 3.10. The van der Waals surface area contributed by atoms with Gasteiger partial charge in [0.15, 0.2) is 0 Å². The number of thioether (sulfide) groups is 1. The van der Waals surface area contributed by atoms with Crippen molar-refractivity contribution in [2.75, 3.05) is 6.26 Å². The van der Waals surface area contributed by atoms with Gasteiger partial charge in [0.2, 0.25) is 0 Å². The summed E-state index contributed by atoms with van der Waals surface area (Å²) in [6.07, 6.45) is 2.03. The molecule has 1 aromatic rings. The third-order valence-corrected chi connectivity index (χ3v) is 2.93.